The minimum Gasteiger partial charge on any atom is -0.314 e. The zero-order valence-corrected chi connectivity index (χ0v) is 13.0. The van der Waals surface area contributed by atoms with Gasteiger partial charge in [0, 0.05) is 6.04 Å². The Hall–Kier alpha value is -0.820. The molecule has 2 rings (SSSR count). The number of benzene rings is 1. The van der Waals surface area contributed by atoms with E-state index in [-0.39, 0.29) is 0 Å². The van der Waals surface area contributed by atoms with Gasteiger partial charge >= 0.3 is 0 Å². The smallest absolute Gasteiger partial charge is 0.00985 e. The molecule has 106 valence electrons. The second kappa shape index (κ2) is 6.56. The molecule has 0 heterocycles. The van der Waals surface area contributed by atoms with E-state index in [0.717, 1.165) is 24.4 Å². The Balaban J connectivity index is 2.11. The maximum absolute atomic E-state index is 3.71. The van der Waals surface area contributed by atoms with E-state index in [4.69, 9.17) is 0 Å². The summed E-state index contributed by atoms with van der Waals surface area (Å²) in [6.45, 7) is 10.2. The predicted octanol–water partition coefficient (Wildman–Crippen LogP) is 4.26. The van der Waals surface area contributed by atoms with Gasteiger partial charge in [0.2, 0.25) is 0 Å². The van der Waals surface area contributed by atoms with Crippen molar-refractivity contribution in [2.24, 2.45) is 11.8 Å². The molecule has 0 amide bonds. The lowest BCUT2D eigenvalue weighted by Crippen LogP contribution is -2.41. The third kappa shape index (κ3) is 3.82. The monoisotopic (exact) mass is 259 g/mol. The van der Waals surface area contributed by atoms with E-state index in [2.05, 4.69) is 51.2 Å². The molecule has 1 N–H and O–H groups in total. The van der Waals surface area contributed by atoms with Crippen molar-refractivity contribution in [3.8, 4) is 0 Å². The molecule has 1 aromatic rings. The van der Waals surface area contributed by atoms with Gasteiger partial charge in [-0.2, -0.15) is 0 Å². The number of nitrogens with one attached hydrogen (secondary N) is 1. The van der Waals surface area contributed by atoms with Gasteiger partial charge in [0.05, 0.1) is 0 Å². The first kappa shape index (κ1) is 14.6. The Bertz CT molecular complexity index is 410. The van der Waals surface area contributed by atoms with Crippen LogP contribution in [0.3, 0.4) is 0 Å². The van der Waals surface area contributed by atoms with Crippen LogP contribution in [0.5, 0.6) is 0 Å². The van der Waals surface area contributed by atoms with Gasteiger partial charge in [0.15, 0.2) is 0 Å². The predicted molar refractivity (Wildman–Crippen MR) is 83.6 cm³/mol. The van der Waals surface area contributed by atoms with Crippen LogP contribution in [-0.4, -0.2) is 12.6 Å². The molecule has 0 bridgehead atoms. The minimum absolute atomic E-state index is 0.723. The van der Waals surface area contributed by atoms with Crippen molar-refractivity contribution in [2.45, 2.75) is 59.4 Å². The van der Waals surface area contributed by atoms with E-state index in [1.807, 2.05) is 0 Å². The second-order valence-electron chi connectivity index (χ2n) is 6.48. The van der Waals surface area contributed by atoms with Crippen LogP contribution in [0.1, 0.15) is 49.8 Å². The van der Waals surface area contributed by atoms with E-state index < -0.39 is 0 Å². The molecule has 1 aliphatic rings. The average molecular weight is 259 g/mol. The molecule has 1 fully saturated rings. The van der Waals surface area contributed by atoms with E-state index in [1.54, 1.807) is 5.56 Å². The van der Waals surface area contributed by atoms with Gasteiger partial charge in [-0.3, -0.25) is 0 Å². The van der Waals surface area contributed by atoms with E-state index in [9.17, 15) is 0 Å². The van der Waals surface area contributed by atoms with Crippen LogP contribution in [0.2, 0.25) is 0 Å². The summed E-state index contributed by atoms with van der Waals surface area (Å²) in [5.74, 6) is 1.70. The molecule has 0 saturated heterocycles. The van der Waals surface area contributed by atoms with Gasteiger partial charge in [-0.15, -0.1) is 0 Å². The highest BCUT2D eigenvalue weighted by Gasteiger charge is 2.28. The fraction of sp³-hybridized carbons (Fsp3) is 0.667. The number of hydrogen-bond donors (Lipinski definition) is 1. The molecular formula is C18H29N. The second-order valence-corrected chi connectivity index (χ2v) is 6.48. The zero-order valence-electron chi connectivity index (χ0n) is 13.0. The molecule has 1 aromatic carbocycles. The molecule has 19 heavy (non-hydrogen) atoms. The Kier molecular flexibility index (Phi) is 5.04. The summed E-state index contributed by atoms with van der Waals surface area (Å²) >= 11 is 0. The lowest BCUT2D eigenvalue weighted by molar-refractivity contribution is 0.214. The van der Waals surface area contributed by atoms with Gasteiger partial charge in [-0.25, -0.2) is 0 Å². The summed E-state index contributed by atoms with van der Waals surface area (Å²) in [7, 11) is 0. The SMILES string of the molecule is CCNC1CCC(C)CC1Cc1cc(C)ccc1C. The highest BCUT2D eigenvalue weighted by atomic mass is 14.9. The van der Waals surface area contributed by atoms with Crippen molar-refractivity contribution in [2.75, 3.05) is 6.54 Å². The van der Waals surface area contributed by atoms with Crippen molar-refractivity contribution in [3.05, 3.63) is 34.9 Å². The van der Waals surface area contributed by atoms with Crippen molar-refractivity contribution < 1.29 is 0 Å². The van der Waals surface area contributed by atoms with Crippen LogP contribution in [-0.2, 0) is 6.42 Å². The molecule has 1 nitrogen and oxygen atoms in total. The molecule has 0 spiro atoms. The molecule has 1 saturated carbocycles. The highest BCUT2D eigenvalue weighted by molar-refractivity contribution is 5.31. The third-order valence-electron chi connectivity index (χ3n) is 4.70. The Labute approximate surface area is 118 Å². The number of hydrogen-bond acceptors (Lipinski definition) is 1. The minimum atomic E-state index is 0.723. The fourth-order valence-electron chi connectivity index (χ4n) is 3.56. The van der Waals surface area contributed by atoms with Crippen molar-refractivity contribution in [1.82, 2.24) is 5.32 Å². The largest absolute Gasteiger partial charge is 0.314 e. The molecule has 0 aliphatic heterocycles. The molecule has 0 radical (unpaired) electrons. The summed E-state index contributed by atoms with van der Waals surface area (Å²) in [5.41, 5.74) is 4.41. The first-order chi connectivity index (χ1) is 9.10. The molecule has 1 aliphatic carbocycles. The summed E-state index contributed by atoms with van der Waals surface area (Å²) < 4.78 is 0. The summed E-state index contributed by atoms with van der Waals surface area (Å²) in [6, 6.07) is 7.61. The van der Waals surface area contributed by atoms with Crippen LogP contribution < -0.4 is 5.32 Å². The van der Waals surface area contributed by atoms with Crippen LogP contribution in [0.15, 0.2) is 18.2 Å². The van der Waals surface area contributed by atoms with Gasteiger partial charge in [0.1, 0.15) is 0 Å². The Morgan fingerprint density at radius 3 is 2.74 bits per heavy atom. The van der Waals surface area contributed by atoms with Crippen molar-refractivity contribution in [3.63, 3.8) is 0 Å². The van der Waals surface area contributed by atoms with Gasteiger partial charge in [-0.1, -0.05) is 37.6 Å². The first-order valence-corrected chi connectivity index (χ1v) is 7.89. The quantitative estimate of drug-likeness (QED) is 0.852. The fourth-order valence-corrected chi connectivity index (χ4v) is 3.56. The molecule has 0 aromatic heterocycles. The normalized spacial score (nSPS) is 27.5. The van der Waals surface area contributed by atoms with Crippen LogP contribution >= 0.6 is 0 Å². The number of rotatable bonds is 4. The van der Waals surface area contributed by atoms with Crippen molar-refractivity contribution >= 4 is 0 Å². The first-order valence-electron chi connectivity index (χ1n) is 7.89. The zero-order chi connectivity index (χ0) is 13.8. The van der Waals surface area contributed by atoms with Crippen molar-refractivity contribution in [1.29, 1.82) is 0 Å². The van der Waals surface area contributed by atoms with E-state index in [1.165, 1.54) is 36.8 Å². The lowest BCUT2D eigenvalue weighted by Gasteiger charge is -2.36. The Morgan fingerprint density at radius 1 is 1.21 bits per heavy atom. The van der Waals surface area contributed by atoms with Gasteiger partial charge in [0.25, 0.3) is 0 Å². The standard InChI is InChI=1S/C18H29N/c1-5-19-18-9-7-14(3)11-17(18)12-16-10-13(2)6-8-15(16)4/h6,8,10,14,17-19H,5,7,9,11-12H2,1-4H3. The van der Waals surface area contributed by atoms with Gasteiger partial charge < -0.3 is 5.32 Å². The number of aryl methyl sites for hydroxylation is 2. The molecule has 1 heteroatoms. The topological polar surface area (TPSA) is 12.0 Å². The summed E-state index contributed by atoms with van der Waals surface area (Å²) in [4.78, 5) is 0. The molecular weight excluding hydrogens is 230 g/mol. The van der Waals surface area contributed by atoms with E-state index in [0.29, 0.717) is 0 Å². The molecule has 3 atom stereocenters. The summed E-state index contributed by atoms with van der Waals surface area (Å²) in [6.07, 6.45) is 5.37. The summed E-state index contributed by atoms with van der Waals surface area (Å²) in [5, 5.41) is 3.71. The van der Waals surface area contributed by atoms with Crippen LogP contribution in [0, 0.1) is 25.7 Å². The third-order valence-corrected chi connectivity index (χ3v) is 4.70. The maximum Gasteiger partial charge on any atom is 0.00985 e. The molecule has 3 unspecified atom stereocenters. The maximum atomic E-state index is 3.71. The van der Waals surface area contributed by atoms with Crippen LogP contribution in [0.25, 0.3) is 0 Å². The lowest BCUT2D eigenvalue weighted by atomic mass is 9.75. The Morgan fingerprint density at radius 2 is 2.00 bits per heavy atom. The average Bonchev–Trinajstić information content (AvgIpc) is 2.37. The van der Waals surface area contributed by atoms with Crippen LogP contribution in [0.4, 0.5) is 0 Å². The highest BCUT2D eigenvalue weighted by Crippen LogP contribution is 2.32. The van der Waals surface area contributed by atoms with E-state index >= 15 is 0 Å². The van der Waals surface area contributed by atoms with Gasteiger partial charge in [-0.05, 0) is 69.0 Å².